The Morgan fingerprint density at radius 3 is 2.33 bits per heavy atom. The van der Waals surface area contributed by atoms with Crippen molar-refractivity contribution >= 4 is 10.8 Å². The number of rotatable bonds is 1. The lowest BCUT2D eigenvalue weighted by atomic mass is 9.96. The van der Waals surface area contributed by atoms with Crippen molar-refractivity contribution in [2.45, 2.75) is 25.1 Å². The number of hydrogen-bond donors (Lipinski definition) is 1. The average Bonchev–Trinajstić information content (AvgIpc) is 2.73. The van der Waals surface area contributed by atoms with Gasteiger partial charge in [-0.1, -0.05) is 30.3 Å². The Hall–Kier alpha value is -1.55. The van der Waals surface area contributed by atoms with Crippen LogP contribution in [0.4, 0.5) is 13.2 Å². The zero-order valence-corrected chi connectivity index (χ0v) is 9.59. The van der Waals surface area contributed by atoms with E-state index in [9.17, 15) is 13.2 Å². The van der Waals surface area contributed by atoms with Crippen LogP contribution in [0, 0.1) is 0 Å². The number of benzene rings is 2. The number of halogens is 3. The standard InChI is InChI=1S/C14H12F3N/c15-14(16,17)13(18)11-7-6-9-5-4-8-2-1-3-10(11)12(8)9/h1-3,6-7,13H,4-5,18H2/t13-/m0/s1. The maximum Gasteiger partial charge on any atom is 0.407 e. The molecule has 0 spiro atoms. The summed E-state index contributed by atoms with van der Waals surface area (Å²) in [4.78, 5) is 0. The van der Waals surface area contributed by atoms with Crippen LogP contribution in [0.2, 0.25) is 0 Å². The minimum Gasteiger partial charge on any atom is -0.316 e. The molecule has 94 valence electrons. The molecule has 2 N–H and O–H groups in total. The summed E-state index contributed by atoms with van der Waals surface area (Å²) in [5.41, 5.74) is 7.75. The van der Waals surface area contributed by atoms with Gasteiger partial charge in [-0.25, -0.2) is 0 Å². The molecule has 18 heavy (non-hydrogen) atoms. The lowest BCUT2D eigenvalue weighted by Gasteiger charge is -2.18. The van der Waals surface area contributed by atoms with Crippen molar-refractivity contribution in [1.82, 2.24) is 0 Å². The molecule has 0 aromatic heterocycles. The smallest absolute Gasteiger partial charge is 0.316 e. The van der Waals surface area contributed by atoms with E-state index in [4.69, 9.17) is 5.73 Å². The summed E-state index contributed by atoms with van der Waals surface area (Å²) in [5, 5.41) is 1.61. The second-order valence-corrected chi connectivity index (χ2v) is 4.67. The van der Waals surface area contributed by atoms with Crippen molar-refractivity contribution < 1.29 is 13.2 Å². The van der Waals surface area contributed by atoms with Crippen molar-refractivity contribution in [3.63, 3.8) is 0 Å². The minimum absolute atomic E-state index is 0.171. The van der Waals surface area contributed by atoms with E-state index in [-0.39, 0.29) is 5.56 Å². The Balaban J connectivity index is 2.27. The van der Waals surface area contributed by atoms with Gasteiger partial charge in [0.25, 0.3) is 0 Å². The first-order valence-electron chi connectivity index (χ1n) is 5.84. The van der Waals surface area contributed by atoms with Gasteiger partial charge in [0.1, 0.15) is 6.04 Å². The molecular weight excluding hydrogens is 239 g/mol. The van der Waals surface area contributed by atoms with Gasteiger partial charge < -0.3 is 5.73 Å². The fraction of sp³-hybridized carbons (Fsp3) is 0.286. The Morgan fingerprint density at radius 2 is 1.67 bits per heavy atom. The predicted molar refractivity (Wildman–Crippen MR) is 64.3 cm³/mol. The van der Waals surface area contributed by atoms with E-state index in [0.29, 0.717) is 5.39 Å². The molecule has 1 nitrogen and oxygen atoms in total. The molecule has 2 aromatic rings. The summed E-state index contributed by atoms with van der Waals surface area (Å²) in [6.07, 6.45) is -2.60. The minimum atomic E-state index is -4.40. The Labute approximate surface area is 102 Å². The van der Waals surface area contributed by atoms with Gasteiger partial charge in [0.15, 0.2) is 0 Å². The van der Waals surface area contributed by atoms with Crippen molar-refractivity contribution in [3.05, 3.63) is 47.0 Å². The molecule has 0 saturated heterocycles. The largest absolute Gasteiger partial charge is 0.407 e. The van der Waals surface area contributed by atoms with Gasteiger partial charge in [0.2, 0.25) is 0 Å². The monoisotopic (exact) mass is 251 g/mol. The molecule has 0 unspecified atom stereocenters. The summed E-state index contributed by atoms with van der Waals surface area (Å²) >= 11 is 0. The second kappa shape index (κ2) is 3.72. The van der Waals surface area contributed by atoms with E-state index in [0.717, 1.165) is 29.4 Å². The van der Waals surface area contributed by atoms with Crippen LogP contribution in [-0.4, -0.2) is 6.18 Å². The summed E-state index contributed by atoms with van der Waals surface area (Å²) < 4.78 is 38.3. The molecule has 0 fully saturated rings. The quantitative estimate of drug-likeness (QED) is 0.824. The number of nitrogens with two attached hydrogens (primary N) is 1. The Kier molecular flexibility index (Phi) is 2.38. The van der Waals surface area contributed by atoms with E-state index < -0.39 is 12.2 Å². The highest BCUT2D eigenvalue weighted by molar-refractivity contribution is 5.93. The molecule has 0 bridgehead atoms. The van der Waals surface area contributed by atoms with Gasteiger partial charge in [-0.2, -0.15) is 13.2 Å². The zero-order valence-electron chi connectivity index (χ0n) is 9.59. The summed E-state index contributed by atoms with van der Waals surface area (Å²) in [6, 6.07) is 6.89. The van der Waals surface area contributed by atoms with Crippen LogP contribution in [-0.2, 0) is 12.8 Å². The van der Waals surface area contributed by atoms with Gasteiger partial charge >= 0.3 is 6.18 Å². The van der Waals surface area contributed by atoms with Crippen LogP contribution in [0.5, 0.6) is 0 Å². The molecule has 1 atom stereocenters. The van der Waals surface area contributed by atoms with Crippen LogP contribution < -0.4 is 5.73 Å². The topological polar surface area (TPSA) is 26.0 Å². The second-order valence-electron chi connectivity index (χ2n) is 4.67. The fourth-order valence-electron chi connectivity index (χ4n) is 2.72. The molecule has 4 heteroatoms. The normalized spacial score (nSPS) is 16.2. The maximum atomic E-state index is 12.8. The third-order valence-corrected chi connectivity index (χ3v) is 3.60. The lowest BCUT2D eigenvalue weighted by Crippen LogP contribution is -2.28. The molecule has 3 rings (SSSR count). The maximum absolute atomic E-state index is 12.8. The summed E-state index contributed by atoms with van der Waals surface area (Å²) in [7, 11) is 0. The van der Waals surface area contributed by atoms with Crippen molar-refractivity contribution in [3.8, 4) is 0 Å². The third kappa shape index (κ3) is 1.60. The lowest BCUT2D eigenvalue weighted by molar-refractivity contribution is -0.148. The molecule has 0 amide bonds. The van der Waals surface area contributed by atoms with E-state index >= 15 is 0 Å². The number of hydrogen-bond acceptors (Lipinski definition) is 1. The highest BCUT2D eigenvalue weighted by atomic mass is 19.4. The highest BCUT2D eigenvalue weighted by Crippen LogP contribution is 2.38. The molecule has 0 saturated carbocycles. The molecule has 0 radical (unpaired) electrons. The Bertz CT molecular complexity index is 606. The van der Waals surface area contributed by atoms with Gasteiger partial charge in [0.05, 0.1) is 0 Å². The third-order valence-electron chi connectivity index (χ3n) is 3.60. The van der Waals surface area contributed by atoms with Crippen molar-refractivity contribution in [1.29, 1.82) is 0 Å². The van der Waals surface area contributed by atoms with Crippen molar-refractivity contribution in [2.75, 3.05) is 0 Å². The molecule has 0 heterocycles. The number of aryl methyl sites for hydroxylation is 2. The summed E-state index contributed by atoms with van der Waals surface area (Å²) in [5.74, 6) is 0. The van der Waals surface area contributed by atoms with E-state index in [1.54, 1.807) is 18.2 Å². The van der Waals surface area contributed by atoms with Crippen LogP contribution in [0.1, 0.15) is 22.7 Å². The van der Waals surface area contributed by atoms with Crippen LogP contribution in [0.3, 0.4) is 0 Å². The SMILES string of the molecule is N[C@@H](c1ccc2c3c(cccc13)CC2)C(F)(F)F. The summed E-state index contributed by atoms with van der Waals surface area (Å²) in [6.45, 7) is 0. The molecule has 2 aromatic carbocycles. The number of alkyl halides is 3. The van der Waals surface area contributed by atoms with Gasteiger partial charge in [0, 0.05) is 0 Å². The van der Waals surface area contributed by atoms with E-state index in [1.165, 1.54) is 6.07 Å². The first kappa shape index (κ1) is 11.5. The molecule has 0 aliphatic heterocycles. The fourth-order valence-corrected chi connectivity index (χ4v) is 2.72. The molecule has 1 aliphatic carbocycles. The Morgan fingerprint density at radius 1 is 1.00 bits per heavy atom. The predicted octanol–water partition coefficient (Wildman–Crippen LogP) is 3.50. The van der Waals surface area contributed by atoms with Gasteiger partial charge in [-0.3, -0.25) is 0 Å². The molecule has 1 aliphatic rings. The average molecular weight is 251 g/mol. The first-order chi connectivity index (χ1) is 8.48. The van der Waals surface area contributed by atoms with E-state index in [2.05, 4.69) is 0 Å². The molecular formula is C14H12F3N. The zero-order chi connectivity index (χ0) is 12.9. The van der Waals surface area contributed by atoms with Gasteiger partial charge in [-0.15, -0.1) is 0 Å². The first-order valence-corrected chi connectivity index (χ1v) is 5.84. The van der Waals surface area contributed by atoms with Crippen molar-refractivity contribution in [2.24, 2.45) is 5.73 Å². The van der Waals surface area contributed by atoms with Crippen LogP contribution in [0.15, 0.2) is 30.3 Å². The van der Waals surface area contributed by atoms with E-state index in [1.807, 2.05) is 6.07 Å². The van der Waals surface area contributed by atoms with Gasteiger partial charge in [-0.05, 0) is 40.3 Å². The van der Waals surface area contributed by atoms with Crippen LogP contribution >= 0.6 is 0 Å². The van der Waals surface area contributed by atoms with Crippen LogP contribution in [0.25, 0.3) is 10.8 Å². The highest BCUT2D eigenvalue weighted by Gasteiger charge is 2.39.